The van der Waals surface area contributed by atoms with E-state index in [1.165, 1.54) is 32.4 Å². The van der Waals surface area contributed by atoms with Gasteiger partial charge in [-0.1, -0.05) is 6.07 Å². The highest BCUT2D eigenvalue weighted by Crippen LogP contribution is 2.27. The van der Waals surface area contributed by atoms with Gasteiger partial charge in [0.25, 0.3) is 0 Å². The summed E-state index contributed by atoms with van der Waals surface area (Å²) in [6.07, 6.45) is 5.78. The first-order valence-corrected chi connectivity index (χ1v) is 10.2. The summed E-state index contributed by atoms with van der Waals surface area (Å²) in [6.45, 7) is 6.00. The van der Waals surface area contributed by atoms with Crippen molar-refractivity contribution in [3.63, 3.8) is 0 Å². The molecule has 150 valence electrons. The molecule has 2 heterocycles. The topological polar surface area (TPSA) is 54.0 Å². The van der Waals surface area contributed by atoms with Crippen LogP contribution in [0.25, 0.3) is 0 Å². The molecule has 0 aliphatic carbocycles. The molecule has 2 fully saturated rings. The number of ether oxygens (including phenoxy) is 2. The van der Waals surface area contributed by atoms with Gasteiger partial charge in [0.15, 0.2) is 11.5 Å². The molecule has 2 saturated heterocycles. The van der Waals surface area contributed by atoms with E-state index in [4.69, 9.17) is 9.47 Å². The monoisotopic (exact) mass is 375 g/mol. The molecule has 0 aromatic heterocycles. The maximum absolute atomic E-state index is 12.6. The normalized spacial score (nSPS) is 20.5. The number of nitrogens with zero attached hydrogens (tertiary/aromatic N) is 2. The molecular formula is C21H33N3O3. The largest absolute Gasteiger partial charge is 0.493 e. The average Bonchev–Trinajstić information content (AvgIpc) is 3.21. The smallest absolute Gasteiger partial charge is 0.317 e. The Morgan fingerprint density at radius 3 is 2.63 bits per heavy atom. The summed E-state index contributed by atoms with van der Waals surface area (Å²) >= 11 is 0. The van der Waals surface area contributed by atoms with Crippen LogP contribution in [0.15, 0.2) is 18.2 Å². The van der Waals surface area contributed by atoms with E-state index < -0.39 is 0 Å². The number of nitrogens with one attached hydrogen (secondary N) is 1. The van der Waals surface area contributed by atoms with Gasteiger partial charge in [0.2, 0.25) is 0 Å². The van der Waals surface area contributed by atoms with Gasteiger partial charge in [-0.2, -0.15) is 0 Å². The van der Waals surface area contributed by atoms with Gasteiger partial charge in [-0.25, -0.2) is 4.79 Å². The third-order valence-corrected chi connectivity index (χ3v) is 5.66. The first kappa shape index (κ1) is 19.8. The summed E-state index contributed by atoms with van der Waals surface area (Å²) in [5, 5.41) is 3.08. The van der Waals surface area contributed by atoms with Crippen molar-refractivity contribution >= 4 is 6.03 Å². The van der Waals surface area contributed by atoms with E-state index in [0.29, 0.717) is 12.5 Å². The van der Waals surface area contributed by atoms with Crippen molar-refractivity contribution in [3.05, 3.63) is 23.8 Å². The van der Waals surface area contributed by atoms with Crippen molar-refractivity contribution in [2.24, 2.45) is 5.92 Å². The number of benzene rings is 1. The van der Waals surface area contributed by atoms with Crippen molar-refractivity contribution in [1.82, 2.24) is 15.1 Å². The molecule has 1 aromatic rings. The molecule has 1 N–H and O–H groups in total. The average molecular weight is 376 g/mol. The molecule has 1 aromatic carbocycles. The fourth-order valence-electron chi connectivity index (χ4n) is 4.19. The first-order valence-electron chi connectivity index (χ1n) is 10.2. The van der Waals surface area contributed by atoms with Gasteiger partial charge in [-0.15, -0.1) is 0 Å². The summed E-state index contributed by atoms with van der Waals surface area (Å²) in [4.78, 5) is 17.1. The maximum Gasteiger partial charge on any atom is 0.317 e. The summed E-state index contributed by atoms with van der Waals surface area (Å²) in [7, 11) is 3.27. The van der Waals surface area contributed by atoms with Crippen LogP contribution in [0.5, 0.6) is 11.5 Å². The zero-order valence-corrected chi connectivity index (χ0v) is 16.7. The predicted octanol–water partition coefficient (Wildman–Crippen LogP) is 2.76. The van der Waals surface area contributed by atoms with Crippen molar-refractivity contribution in [1.29, 1.82) is 0 Å². The van der Waals surface area contributed by atoms with Crippen molar-refractivity contribution in [2.75, 3.05) is 53.5 Å². The molecule has 1 atom stereocenters. The van der Waals surface area contributed by atoms with Crippen LogP contribution in [-0.2, 0) is 6.42 Å². The van der Waals surface area contributed by atoms with Crippen LogP contribution in [0, 0.1) is 5.92 Å². The first-order chi connectivity index (χ1) is 13.2. The molecule has 2 amide bonds. The third kappa shape index (κ3) is 5.51. The van der Waals surface area contributed by atoms with Gasteiger partial charge in [-0.05, 0) is 68.8 Å². The fraction of sp³-hybridized carbons (Fsp3) is 0.667. The number of piperidine rings is 1. The Bertz CT molecular complexity index is 617. The molecule has 0 spiro atoms. The van der Waals surface area contributed by atoms with Crippen LogP contribution in [0.1, 0.15) is 31.2 Å². The zero-order valence-electron chi connectivity index (χ0n) is 16.7. The Hall–Kier alpha value is -1.95. The second-order valence-corrected chi connectivity index (χ2v) is 7.63. The molecule has 2 aliphatic heterocycles. The van der Waals surface area contributed by atoms with Gasteiger partial charge >= 0.3 is 6.03 Å². The third-order valence-electron chi connectivity index (χ3n) is 5.66. The van der Waals surface area contributed by atoms with E-state index in [-0.39, 0.29) is 6.03 Å². The second kappa shape index (κ2) is 9.83. The van der Waals surface area contributed by atoms with E-state index in [1.807, 2.05) is 23.1 Å². The molecule has 0 saturated carbocycles. The molecule has 0 unspecified atom stereocenters. The van der Waals surface area contributed by atoms with Gasteiger partial charge in [0.1, 0.15) is 0 Å². The lowest BCUT2D eigenvalue weighted by atomic mass is 9.98. The minimum atomic E-state index is 0.0709. The lowest BCUT2D eigenvalue weighted by Gasteiger charge is -2.34. The van der Waals surface area contributed by atoms with Crippen LogP contribution in [0.3, 0.4) is 0 Å². The van der Waals surface area contributed by atoms with Crippen LogP contribution in [0.4, 0.5) is 4.79 Å². The van der Waals surface area contributed by atoms with Gasteiger partial charge in [0, 0.05) is 26.2 Å². The molecule has 0 bridgehead atoms. The Morgan fingerprint density at radius 1 is 1.11 bits per heavy atom. The molecule has 2 aliphatic rings. The number of carbonyl (C=O) groups is 1. The molecule has 0 radical (unpaired) electrons. The highest BCUT2D eigenvalue weighted by molar-refractivity contribution is 5.74. The number of amides is 2. The van der Waals surface area contributed by atoms with E-state index in [0.717, 1.165) is 49.5 Å². The summed E-state index contributed by atoms with van der Waals surface area (Å²) < 4.78 is 10.6. The number of hydrogen-bond acceptors (Lipinski definition) is 4. The lowest BCUT2D eigenvalue weighted by Crippen LogP contribution is -2.47. The minimum absolute atomic E-state index is 0.0709. The Balaban J connectivity index is 1.43. The number of carbonyl (C=O) groups excluding carboxylic acids is 1. The Labute approximate surface area is 162 Å². The highest BCUT2D eigenvalue weighted by atomic mass is 16.5. The quantitative estimate of drug-likeness (QED) is 0.796. The maximum atomic E-state index is 12.6. The predicted molar refractivity (Wildman–Crippen MR) is 107 cm³/mol. The Kier molecular flexibility index (Phi) is 7.21. The van der Waals surface area contributed by atoms with Crippen LogP contribution in [0.2, 0.25) is 0 Å². The van der Waals surface area contributed by atoms with E-state index >= 15 is 0 Å². The minimum Gasteiger partial charge on any atom is -0.493 e. The number of methoxy groups -OCH3 is 2. The van der Waals surface area contributed by atoms with Gasteiger partial charge < -0.3 is 24.6 Å². The summed E-state index contributed by atoms with van der Waals surface area (Å²) in [5.41, 5.74) is 1.12. The lowest BCUT2D eigenvalue weighted by molar-refractivity contribution is 0.147. The molecule has 3 rings (SSSR count). The molecule has 6 heteroatoms. The SMILES string of the molecule is COc1ccc(CCNC(=O)N2CCC[C@H](CN3CCCC3)C2)cc1OC. The van der Waals surface area contributed by atoms with E-state index in [9.17, 15) is 4.79 Å². The van der Waals surface area contributed by atoms with E-state index in [2.05, 4.69) is 10.2 Å². The fourth-order valence-corrected chi connectivity index (χ4v) is 4.19. The summed E-state index contributed by atoms with van der Waals surface area (Å²) in [6, 6.07) is 5.96. The number of likely N-dealkylation sites (tertiary alicyclic amines) is 2. The standard InChI is InChI=1S/C21H33N3O3/c1-26-19-8-7-17(14-20(19)27-2)9-10-22-21(25)24-13-5-6-18(16-24)15-23-11-3-4-12-23/h7-8,14,18H,3-6,9-13,15-16H2,1-2H3,(H,22,25)/t18-/m1/s1. The summed E-state index contributed by atoms with van der Waals surface area (Å²) in [5.74, 6) is 2.07. The second-order valence-electron chi connectivity index (χ2n) is 7.63. The van der Waals surface area contributed by atoms with Crippen LogP contribution >= 0.6 is 0 Å². The number of hydrogen-bond donors (Lipinski definition) is 1. The van der Waals surface area contributed by atoms with Gasteiger partial charge in [-0.3, -0.25) is 0 Å². The molecular weight excluding hydrogens is 342 g/mol. The molecule has 6 nitrogen and oxygen atoms in total. The van der Waals surface area contributed by atoms with Gasteiger partial charge in [0.05, 0.1) is 14.2 Å². The molecule has 27 heavy (non-hydrogen) atoms. The number of urea groups is 1. The van der Waals surface area contributed by atoms with Crippen molar-refractivity contribution in [3.8, 4) is 11.5 Å². The Morgan fingerprint density at radius 2 is 1.89 bits per heavy atom. The van der Waals surface area contributed by atoms with E-state index in [1.54, 1.807) is 14.2 Å². The van der Waals surface area contributed by atoms with Crippen molar-refractivity contribution < 1.29 is 14.3 Å². The van der Waals surface area contributed by atoms with Crippen molar-refractivity contribution in [2.45, 2.75) is 32.1 Å². The van der Waals surface area contributed by atoms with Crippen LogP contribution in [-0.4, -0.2) is 69.3 Å². The highest BCUT2D eigenvalue weighted by Gasteiger charge is 2.25. The number of rotatable bonds is 7. The zero-order chi connectivity index (χ0) is 19.1. The van der Waals surface area contributed by atoms with Crippen LogP contribution < -0.4 is 14.8 Å².